The van der Waals surface area contributed by atoms with Crippen molar-refractivity contribution in [2.45, 2.75) is 58.2 Å². The summed E-state index contributed by atoms with van der Waals surface area (Å²) in [5, 5.41) is 2.73. The van der Waals surface area contributed by atoms with E-state index in [4.69, 9.17) is 24.7 Å². The van der Waals surface area contributed by atoms with Gasteiger partial charge in [-0.15, -0.1) is 0 Å². The first-order chi connectivity index (χ1) is 16.6. The molecule has 1 aromatic carbocycles. The third-order valence-corrected chi connectivity index (χ3v) is 5.79. The van der Waals surface area contributed by atoms with Gasteiger partial charge in [0.2, 0.25) is 11.7 Å². The number of ether oxygens (including phenoxy) is 4. The van der Waals surface area contributed by atoms with Crippen molar-refractivity contribution in [2.24, 2.45) is 5.73 Å². The van der Waals surface area contributed by atoms with Crippen LogP contribution in [0.4, 0.5) is 4.79 Å². The van der Waals surface area contributed by atoms with Crippen LogP contribution in [0, 0.1) is 0 Å². The summed E-state index contributed by atoms with van der Waals surface area (Å²) in [6, 6.07) is 3.32. The van der Waals surface area contributed by atoms with E-state index in [2.05, 4.69) is 10.2 Å². The molecule has 35 heavy (non-hydrogen) atoms. The molecule has 10 nitrogen and oxygen atoms in total. The van der Waals surface area contributed by atoms with Crippen molar-refractivity contribution in [1.82, 2.24) is 15.1 Å². The van der Waals surface area contributed by atoms with E-state index in [9.17, 15) is 9.59 Å². The molecule has 198 valence electrons. The lowest BCUT2D eigenvalue weighted by atomic mass is 10.1. The van der Waals surface area contributed by atoms with Gasteiger partial charge in [-0.05, 0) is 46.1 Å². The lowest BCUT2D eigenvalue weighted by Crippen LogP contribution is -2.52. The van der Waals surface area contributed by atoms with Crippen molar-refractivity contribution in [3.05, 3.63) is 17.7 Å². The Bertz CT molecular complexity index is 834. The van der Waals surface area contributed by atoms with Crippen LogP contribution >= 0.6 is 0 Å². The summed E-state index contributed by atoms with van der Waals surface area (Å²) in [6.45, 7) is 9.39. The number of alkyl carbamates (subject to hydrolysis) is 1. The van der Waals surface area contributed by atoms with Gasteiger partial charge in [0.25, 0.3) is 0 Å². The number of carbonyl (C=O) groups excluding carboxylic acids is 2. The van der Waals surface area contributed by atoms with Gasteiger partial charge in [-0.25, -0.2) is 4.79 Å². The fourth-order valence-electron chi connectivity index (χ4n) is 4.01. The van der Waals surface area contributed by atoms with Crippen LogP contribution in [-0.2, 0) is 16.1 Å². The molecular formula is C25H42N4O6. The highest BCUT2D eigenvalue weighted by Gasteiger charge is 2.26. The lowest BCUT2D eigenvalue weighted by molar-refractivity contribution is -0.134. The molecule has 1 atom stereocenters. The van der Waals surface area contributed by atoms with Gasteiger partial charge < -0.3 is 34.9 Å². The highest BCUT2D eigenvalue weighted by atomic mass is 16.6. The molecule has 1 saturated heterocycles. The van der Waals surface area contributed by atoms with Crippen LogP contribution in [-0.4, -0.2) is 87.5 Å². The molecule has 0 bridgehead atoms. The van der Waals surface area contributed by atoms with Crippen LogP contribution in [0.2, 0.25) is 0 Å². The number of nitrogens with one attached hydrogen (secondary N) is 1. The van der Waals surface area contributed by atoms with Crippen LogP contribution < -0.4 is 25.3 Å². The Labute approximate surface area is 209 Å². The maximum Gasteiger partial charge on any atom is 0.407 e. The van der Waals surface area contributed by atoms with E-state index >= 15 is 0 Å². The molecule has 2 rings (SSSR count). The molecule has 3 N–H and O–H groups in total. The molecule has 1 aliphatic rings. The lowest BCUT2D eigenvalue weighted by Gasteiger charge is -2.36. The molecule has 1 heterocycles. The van der Waals surface area contributed by atoms with Gasteiger partial charge in [0.1, 0.15) is 5.60 Å². The van der Waals surface area contributed by atoms with Crippen LogP contribution in [0.25, 0.3) is 0 Å². The van der Waals surface area contributed by atoms with Gasteiger partial charge in [-0.2, -0.15) is 0 Å². The smallest absolute Gasteiger partial charge is 0.407 e. The van der Waals surface area contributed by atoms with Crippen molar-refractivity contribution in [2.75, 3.05) is 54.1 Å². The second kappa shape index (κ2) is 13.4. The number of amides is 2. The molecular weight excluding hydrogens is 452 g/mol. The zero-order valence-electron chi connectivity index (χ0n) is 22.0. The molecule has 0 aliphatic carbocycles. The predicted molar refractivity (Wildman–Crippen MR) is 134 cm³/mol. The number of nitrogens with zero attached hydrogens (tertiary/aromatic N) is 2. The SMILES string of the molecule is COc1ccc(CN2CCN(C(=O)[C@@H](N)CCCCNC(=O)OC(C)(C)C)CC2)c(OC)c1OC. The average Bonchev–Trinajstić information content (AvgIpc) is 2.82. The summed E-state index contributed by atoms with van der Waals surface area (Å²) in [5.74, 6) is 1.84. The third kappa shape index (κ3) is 8.78. The Hall–Kier alpha value is -2.72. The number of methoxy groups -OCH3 is 3. The van der Waals surface area contributed by atoms with E-state index < -0.39 is 17.7 Å². The number of hydrogen-bond acceptors (Lipinski definition) is 8. The minimum atomic E-state index is -0.533. The standard InChI is InChI=1S/C25H42N4O6/c1-25(2,3)35-24(31)27-12-8-7-9-19(26)23(30)29-15-13-28(14-16-29)17-18-10-11-20(32-4)22(34-6)21(18)33-5/h10-11,19H,7-9,12-17,26H2,1-6H3,(H,27,31)/t19-/m0/s1. The van der Waals surface area contributed by atoms with E-state index in [1.165, 1.54) is 0 Å². The van der Waals surface area contributed by atoms with Crippen molar-refractivity contribution < 1.29 is 28.5 Å². The van der Waals surface area contributed by atoms with E-state index in [1.807, 2.05) is 37.8 Å². The number of hydrogen-bond donors (Lipinski definition) is 2. The van der Waals surface area contributed by atoms with Gasteiger partial charge in [-0.1, -0.05) is 6.07 Å². The summed E-state index contributed by atoms with van der Waals surface area (Å²) in [5.41, 5.74) is 6.65. The van der Waals surface area contributed by atoms with Crippen molar-refractivity contribution >= 4 is 12.0 Å². The summed E-state index contributed by atoms with van der Waals surface area (Å²) < 4.78 is 21.6. The van der Waals surface area contributed by atoms with Crippen molar-refractivity contribution in [1.29, 1.82) is 0 Å². The first kappa shape index (κ1) is 28.5. The van der Waals surface area contributed by atoms with Gasteiger partial charge in [-0.3, -0.25) is 9.69 Å². The number of rotatable bonds is 11. The maximum atomic E-state index is 12.8. The fourth-order valence-corrected chi connectivity index (χ4v) is 4.01. The number of piperazine rings is 1. The normalized spacial score (nSPS) is 15.3. The van der Waals surface area contributed by atoms with E-state index in [-0.39, 0.29) is 5.91 Å². The first-order valence-electron chi connectivity index (χ1n) is 12.1. The van der Waals surface area contributed by atoms with Gasteiger partial charge >= 0.3 is 6.09 Å². The molecule has 0 unspecified atom stereocenters. The zero-order valence-corrected chi connectivity index (χ0v) is 22.0. The number of carbonyl (C=O) groups is 2. The summed E-state index contributed by atoms with van der Waals surface area (Å²) in [7, 11) is 4.81. The molecule has 10 heteroatoms. The second-order valence-corrected chi connectivity index (χ2v) is 9.63. The molecule has 0 spiro atoms. The highest BCUT2D eigenvalue weighted by molar-refractivity contribution is 5.81. The Balaban J connectivity index is 1.75. The molecule has 0 saturated carbocycles. The van der Waals surface area contributed by atoms with Crippen molar-refractivity contribution in [3.8, 4) is 17.2 Å². The van der Waals surface area contributed by atoms with Crippen LogP contribution in [0.5, 0.6) is 17.2 Å². The fraction of sp³-hybridized carbons (Fsp3) is 0.680. The highest BCUT2D eigenvalue weighted by Crippen LogP contribution is 2.40. The Morgan fingerprint density at radius 2 is 1.66 bits per heavy atom. The van der Waals surface area contributed by atoms with Crippen LogP contribution in [0.1, 0.15) is 45.6 Å². The van der Waals surface area contributed by atoms with Gasteiger partial charge in [0, 0.05) is 44.8 Å². The molecule has 1 aliphatic heterocycles. The van der Waals surface area contributed by atoms with E-state index in [0.29, 0.717) is 49.8 Å². The topological polar surface area (TPSA) is 116 Å². The predicted octanol–water partition coefficient (Wildman–Crippen LogP) is 2.38. The monoisotopic (exact) mass is 494 g/mol. The van der Waals surface area contributed by atoms with Crippen LogP contribution in [0.3, 0.4) is 0 Å². The first-order valence-corrected chi connectivity index (χ1v) is 12.1. The maximum absolute atomic E-state index is 12.8. The molecule has 1 aromatic rings. The average molecular weight is 495 g/mol. The second-order valence-electron chi connectivity index (χ2n) is 9.63. The Morgan fingerprint density at radius 1 is 1.00 bits per heavy atom. The van der Waals surface area contributed by atoms with E-state index in [0.717, 1.165) is 31.5 Å². The quantitative estimate of drug-likeness (QED) is 0.451. The minimum absolute atomic E-state index is 0.0200. The van der Waals surface area contributed by atoms with Crippen molar-refractivity contribution in [3.63, 3.8) is 0 Å². The largest absolute Gasteiger partial charge is 0.493 e. The summed E-state index contributed by atoms with van der Waals surface area (Å²) in [6.07, 6.45) is 1.64. The van der Waals surface area contributed by atoms with E-state index in [1.54, 1.807) is 21.3 Å². The molecule has 0 aromatic heterocycles. The minimum Gasteiger partial charge on any atom is -0.493 e. The van der Waals surface area contributed by atoms with Gasteiger partial charge in [0.15, 0.2) is 11.5 Å². The Morgan fingerprint density at radius 3 is 2.23 bits per heavy atom. The summed E-state index contributed by atoms with van der Waals surface area (Å²) >= 11 is 0. The number of unbranched alkanes of at least 4 members (excludes halogenated alkanes) is 1. The Kier molecular flexibility index (Phi) is 10.9. The number of nitrogens with two attached hydrogens (primary N) is 1. The zero-order chi connectivity index (χ0) is 26.0. The van der Waals surface area contributed by atoms with Crippen LogP contribution in [0.15, 0.2) is 12.1 Å². The number of benzene rings is 1. The summed E-state index contributed by atoms with van der Waals surface area (Å²) in [4.78, 5) is 28.6. The molecule has 1 fully saturated rings. The molecule has 0 radical (unpaired) electrons. The molecule has 2 amide bonds. The third-order valence-electron chi connectivity index (χ3n) is 5.79. The van der Waals surface area contributed by atoms with Gasteiger partial charge in [0.05, 0.1) is 27.4 Å².